The summed E-state index contributed by atoms with van der Waals surface area (Å²) in [6.07, 6.45) is 2.46. The van der Waals surface area contributed by atoms with Crippen molar-refractivity contribution < 1.29 is 23.1 Å². The first kappa shape index (κ1) is 22.2. The lowest BCUT2D eigenvalue weighted by Gasteiger charge is -2.34. The average Bonchev–Trinajstić information content (AvgIpc) is 3.25. The average molecular weight is 438 g/mol. The van der Waals surface area contributed by atoms with Crippen LogP contribution in [0.2, 0.25) is 0 Å². The van der Waals surface area contributed by atoms with Gasteiger partial charge in [-0.2, -0.15) is 0 Å². The zero-order valence-corrected chi connectivity index (χ0v) is 17.4. The molecule has 2 heterocycles. The zero-order valence-electron chi connectivity index (χ0n) is 16.6. The summed E-state index contributed by atoms with van der Waals surface area (Å²) in [7, 11) is 0. The highest BCUT2D eigenvalue weighted by Crippen LogP contribution is 2.33. The highest BCUT2D eigenvalue weighted by molar-refractivity contribution is 7.80. The zero-order chi connectivity index (χ0) is 21.7. The second-order valence-corrected chi connectivity index (χ2v) is 8.22. The molecule has 2 aliphatic rings. The van der Waals surface area contributed by atoms with Crippen LogP contribution in [0.4, 0.5) is 11.4 Å². The topological polar surface area (TPSA) is 145 Å². The van der Waals surface area contributed by atoms with Crippen molar-refractivity contribution in [3.63, 3.8) is 0 Å². The third kappa shape index (κ3) is 4.97. The molecule has 3 rings (SSSR count). The highest BCUT2D eigenvalue weighted by Gasteiger charge is 2.38. The Morgan fingerprint density at radius 1 is 1.30 bits per heavy atom. The molecule has 1 aromatic carbocycles. The number of nitrogens with two attached hydrogens (primary N) is 1. The molecule has 3 atom stereocenters. The van der Waals surface area contributed by atoms with Crippen molar-refractivity contribution in [3.05, 3.63) is 24.3 Å². The number of nitrogens with one attached hydrogen (secondary N) is 2. The Kier molecular flexibility index (Phi) is 7.40. The number of rotatable bonds is 8. The number of amides is 3. The van der Waals surface area contributed by atoms with Gasteiger partial charge in [-0.15, -0.1) is 0 Å². The second kappa shape index (κ2) is 10.0. The van der Waals surface area contributed by atoms with Crippen LogP contribution in [0.25, 0.3) is 0 Å². The Balaban J connectivity index is 1.73. The highest BCUT2D eigenvalue weighted by atomic mass is 32.2. The summed E-state index contributed by atoms with van der Waals surface area (Å²) in [5.41, 5.74) is 6.31. The van der Waals surface area contributed by atoms with Gasteiger partial charge in [0, 0.05) is 13.1 Å². The third-order valence-electron chi connectivity index (χ3n) is 5.28. The van der Waals surface area contributed by atoms with E-state index in [1.54, 1.807) is 29.2 Å². The molecule has 10 nitrogen and oxygen atoms in total. The van der Waals surface area contributed by atoms with Gasteiger partial charge in [-0.1, -0.05) is 12.1 Å². The second-order valence-electron chi connectivity index (χ2n) is 7.37. The van der Waals surface area contributed by atoms with Gasteiger partial charge in [-0.25, -0.2) is 4.21 Å². The number of carbonyl (C=O) groups is 3. The number of nitrogens with zero attached hydrogens (tertiary/aromatic N) is 2. The molecule has 0 saturated carbocycles. The van der Waals surface area contributed by atoms with E-state index in [4.69, 9.17) is 5.73 Å². The molecule has 0 aliphatic carbocycles. The maximum absolute atomic E-state index is 12.8. The summed E-state index contributed by atoms with van der Waals surface area (Å²) in [5, 5.41) is 5.36. The quantitative estimate of drug-likeness (QED) is 0.427. The number of likely N-dealkylation sites (tertiary alicyclic amines) is 1. The van der Waals surface area contributed by atoms with Crippen molar-refractivity contribution in [2.24, 2.45) is 5.73 Å². The van der Waals surface area contributed by atoms with Gasteiger partial charge in [0.15, 0.2) is 0 Å². The van der Waals surface area contributed by atoms with E-state index in [0.29, 0.717) is 43.9 Å². The van der Waals surface area contributed by atoms with Crippen molar-refractivity contribution in [1.82, 2.24) is 10.2 Å². The summed E-state index contributed by atoms with van der Waals surface area (Å²) in [6.45, 7) is 1.71. The van der Waals surface area contributed by atoms with Crippen LogP contribution in [0.5, 0.6) is 0 Å². The van der Waals surface area contributed by atoms with Crippen molar-refractivity contribution in [1.29, 1.82) is 0 Å². The van der Waals surface area contributed by atoms with E-state index in [1.165, 1.54) is 0 Å². The van der Waals surface area contributed by atoms with E-state index in [9.17, 15) is 23.1 Å². The number of para-hydroxylation sites is 2. The maximum Gasteiger partial charge on any atom is 0.262 e. The molecule has 2 unspecified atom stereocenters. The fraction of sp³-hybridized carbons (Fsp3) is 0.526. The Morgan fingerprint density at radius 3 is 2.67 bits per heavy atom. The van der Waals surface area contributed by atoms with Gasteiger partial charge in [-0.05, 0) is 44.4 Å². The molecule has 30 heavy (non-hydrogen) atoms. The molecular weight excluding hydrogens is 410 g/mol. The van der Waals surface area contributed by atoms with Crippen LogP contribution >= 0.6 is 0 Å². The Labute approximate surface area is 177 Å². The van der Waals surface area contributed by atoms with Crippen molar-refractivity contribution in [3.8, 4) is 0 Å². The fourth-order valence-electron chi connectivity index (χ4n) is 3.80. The lowest BCUT2D eigenvalue weighted by atomic mass is 10.1. The van der Waals surface area contributed by atoms with Crippen LogP contribution in [0, 0.1) is 0 Å². The van der Waals surface area contributed by atoms with E-state index in [2.05, 4.69) is 10.6 Å². The van der Waals surface area contributed by atoms with Gasteiger partial charge < -0.3 is 21.3 Å². The predicted molar refractivity (Wildman–Crippen MR) is 113 cm³/mol. The molecule has 0 bridgehead atoms. The Bertz CT molecular complexity index is 829. The molecule has 0 radical (unpaired) electrons. The molecule has 0 aromatic heterocycles. The maximum atomic E-state index is 12.8. The Morgan fingerprint density at radius 2 is 2.00 bits per heavy atom. The van der Waals surface area contributed by atoms with Gasteiger partial charge in [0.05, 0.1) is 17.8 Å². The number of anilines is 2. The predicted octanol–water partition coefficient (Wildman–Crippen LogP) is 0.187. The monoisotopic (exact) mass is 437 g/mol. The van der Waals surface area contributed by atoms with Crippen molar-refractivity contribution >= 4 is 40.4 Å². The third-order valence-corrected chi connectivity index (χ3v) is 6.07. The van der Waals surface area contributed by atoms with Crippen LogP contribution in [0.3, 0.4) is 0 Å². The van der Waals surface area contributed by atoms with E-state index < -0.39 is 35.2 Å². The summed E-state index contributed by atoms with van der Waals surface area (Å²) in [4.78, 5) is 39.8. The number of benzene rings is 1. The minimum absolute atomic E-state index is 0.157. The minimum Gasteiger partial charge on any atom is -0.344 e. The molecule has 3 amide bonds. The standard InChI is InChI=1S/C19H27N5O5S/c20-9-5-7-14(19(27)23-10-3-4-11-23)21-17(25)12-16-18(26)22-13-6-1-2-8-15(13)24(16)30(28)29/h1-2,6,8,14,16H,3-5,7,9-12,20H2,(H,21,25)(H,22,26)(H,28,29)/t14-,16?/m1/s1. The number of fused-ring (bicyclic) bond motifs is 1. The van der Waals surface area contributed by atoms with Gasteiger partial charge in [0.1, 0.15) is 12.1 Å². The first-order valence-electron chi connectivity index (χ1n) is 10.0. The number of hydrogen-bond donors (Lipinski definition) is 4. The smallest absolute Gasteiger partial charge is 0.262 e. The lowest BCUT2D eigenvalue weighted by Crippen LogP contribution is -2.53. The van der Waals surface area contributed by atoms with E-state index in [-0.39, 0.29) is 12.3 Å². The molecule has 2 aliphatic heterocycles. The van der Waals surface area contributed by atoms with E-state index in [1.807, 2.05) is 0 Å². The normalized spacial score (nSPS) is 20.3. The lowest BCUT2D eigenvalue weighted by molar-refractivity contribution is -0.136. The fourth-order valence-corrected chi connectivity index (χ4v) is 4.51. The molecule has 1 fully saturated rings. The molecule has 5 N–H and O–H groups in total. The van der Waals surface area contributed by atoms with E-state index >= 15 is 0 Å². The van der Waals surface area contributed by atoms with Crippen LogP contribution < -0.4 is 20.7 Å². The van der Waals surface area contributed by atoms with Crippen molar-refractivity contribution in [2.75, 3.05) is 29.3 Å². The molecular formula is C19H27N5O5S. The molecule has 164 valence electrons. The van der Waals surface area contributed by atoms with Gasteiger partial charge in [-0.3, -0.25) is 23.2 Å². The molecule has 1 aromatic rings. The van der Waals surface area contributed by atoms with Crippen LogP contribution in [0.15, 0.2) is 24.3 Å². The SMILES string of the molecule is NCCC[C@@H](NC(=O)CC1C(=O)Nc2ccccc2N1S(=O)O)C(=O)N1CCCC1. The summed E-state index contributed by atoms with van der Waals surface area (Å²) in [6, 6.07) is 4.66. The molecule has 1 saturated heterocycles. The summed E-state index contributed by atoms with van der Waals surface area (Å²) in [5.74, 6) is -1.26. The van der Waals surface area contributed by atoms with E-state index in [0.717, 1.165) is 17.1 Å². The molecule has 0 spiro atoms. The van der Waals surface area contributed by atoms with Crippen LogP contribution in [-0.2, 0) is 25.7 Å². The first-order valence-corrected chi connectivity index (χ1v) is 11.1. The minimum atomic E-state index is -2.51. The Hall–Kier alpha value is -2.50. The van der Waals surface area contributed by atoms with Gasteiger partial charge in [0.25, 0.3) is 11.3 Å². The van der Waals surface area contributed by atoms with Crippen LogP contribution in [0.1, 0.15) is 32.1 Å². The number of hydrogen-bond acceptors (Lipinski definition) is 5. The summed E-state index contributed by atoms with van der Waals surface area (Å²) < 4.78 is 22.7. The van der Waals surface area contributed by atoms with Gasteiger partial charge >= 0.3 is 0 Å². The first-order chi connectivity index (χ1) is 14.4. The summed E-state index contributed by atoms with van der Waals surface area (Å²) >= 11 is -2.51. The number of carbonyl (C=O) groups excluding carboxylic acids is 3. The van der Waals surface area contributed by atoms with Crippen molar-refractivity contribution in [2.45, 2.75) is 44.2 Å². The van der Waals surface area contributed by atoms with Gasteiger partial charge in [0.2, 0.25) is 17.7 Å². The van der Waals surface area contributed by atoms with Crippen LogP contribution in [-0.4, -0.2) is 63.1 Å². The largest absolute Gasteiger partial charge is 0.344 e. The molecule has 11 heteroatoms.